The first-order chi connectivity index (χ1) is 9.20. The van der Waals surface area contributed by atoms with Crippen LogP contribution in [0.15, 0.2) is 53.0 Å². The normalized spacial score (nSPS) is 12.4. The molecule has 100 valence electrons. The summed E-state index contributed by atoms with van der Waals surface area (Å²) in [7, 11) is 0. The van der Waals surface area contributed by atoms with E-state index in [2.05, 4.69) is 34.2 Å². The minimum absolute atomic E-state index is 0.181. The number of nitrogens with one attached hydrogen (secondary N) is 1. The first-order valence-corrected chi connectivity index (χ1v) is 7.22. The molecule has 2 aromatic rings. The monoisotopic (exact) mass is 321 g/mol. The molecule has 1 unspecified atom stereocenters. The molecule has 0 aliphatic rings. The number of halogens is 2. The van der Waals surface area contributed by atoms with Gasteiger partial charge in [-0.25, -0.2) is 4.39 Å². The van der Waals surface area contributed by atoms with Crippen molar-refractivity contribution < 1.29 is 4.39 Å². The molecule has 0 saturated heterocycles. The van der Waals surface area contributed by atoms with E-state index >= 15 is 0 Å². The van der Waals surface area contributed by atoms with Crippen molar-refractivity contribution in [3.63, 3.8) is 0 Å². The van der Waals surface area contributed by atoms with Crippen LogP contribution in [0.1, 0.15) is 24.1 Å². The average molecular weight is 322 g/mol. The molecule has 19 heavy (non-hydrogen) atoms. The Labute approximate surface area is 122 Å². The minimum atomic E-state index is -0.181. The fraction of sp³-hybridized carbons (Fsp3) is 0.250. The van der Waals surface area contributed by atoms with E-state index in [-0.39, 0.29) is 11.9 Å². The second-order valence-corrected chi connectivity index (χ2v) is 5.32. The van der Waals surface area contributed by atoms with Crippen LogP contribution in [-0.2, 0) is 6.42 Å². The van der Waals surface area contributed by atoms with Crippen molar-refractivity contribution in [2.75, 3.05) is 6.54 Å². The maximum absolute atomic E-state index is 13.3. The zero-order valence-corrected chi connectivity index (χ0v) is 12.5. The van der Waals surface area contributed by atoms with Crippen molar-refractivity contribution in [3.05, 3.63) is 69.9 Å². The van der Waals surface area contributed by atoms with Crippen LogP contribution in [0.4, 0.5) is 4.39 Å². The molecule has 0 bridgehead atoms. The summed E-state index contributed by atoms with van der Waals surface area (Å²) in [5.41, 5.74) is 2.20. The molecule has 1 atom stereocenters. The minimum Gasteiger partial charge on any atom is -0.310 e. The fourth-order valence-electron chi connectivity index (χ4n) is 2.20. The van der Waals surface area contributed by atoms with Crippen LogP contribution >= 0.6 is 15.9 Å². The third-order valence-corrected chi connectivity index (χ3v) is 3.78. The van der Waals surface area contributed by atoms with E-state index in [1.165, 1.54) is 11.6 Å². The third-order valence-electron chi connectivity index (χ3n) is 3.06. The summed E-state index contributed by atoms with van der Waals surface area (Å²) in [6, 6.07) is 15.1. The Morgan fingerprint density at radius 1 is 1.16 bits per heavy atom. The van der Waals surface area contributed by atoms with Crippen molar-refractivity contribution in [2.24, 2.45) is 0 Å². The van der Waals surface area contributed by atoms with E-state index in [0.29, 0.717) is 0 Å². The molecule has 1 N–H and O–H groups in total. The van der Waals surface area contributed by atoms with Crippen LogP contribution in [0.3, 0.4) is 0 Å². The van der Waals surface area contributed by atoms with Crippen LogP contribution in [0.2, 0.25) is 0 Å². The third kappa shape index (κ3) is 3.88. The first-order valence-electron chi connectivity index (χ1n) is 6.43. The van der Waals surface area contributed by atoms with Crippen molar-refractivity contribution in [1.82, 2.24) is 5.32 Å². The van der Waals surface area contributed by atoms with Gasteiger partial charge in [0.1, 0.15) is 5.82 Å². The SMILES string of the molecule is CCNC(Cc1cccc(F)c1)c1ccccc1Br. The maximum atomic E-state index is 13.3. The van der Waals surface area contributed by atoms with Gasteiger partial charge in [0.15, 0.2) is 0 Å². The van der Waals surface area contributed by atoms with Gasteiger partial charge in [0.05, 0.1) is 0 Å². The Hall–Kier alpha value is -1.19. The molecule has 0 aliphatic heterocycles. The number of benzene rings is 2. The second-order valence-electron chi connectivity index (χ2n) is 4.47. The molecule has 0 fully saturated rings. The summed E-state index contributed by atoms with van der Waals surface area (Å²) in [5, 5.41) is 3.46. The predicted octanol–water partition coefficient (Wildman–Crippen LogP) is 4.48. The smallest absolute Gasteiger partial charge is 0.123 e. The van der Waals surface area contributed by atoms with Crippen LogP contribution in [-0.4, -0.2) is 6.54 Å². The number of rotatable bonds is 5. The van der Waals surface area contributed by atoms with Gasteiger partial charge in [0.2, 0.25) is 0 Å². The number of hydrogen-bond acceptors (Lipinski definition) is 1. The first kappa shape index (κ1) is 14.2. The molecular formula is C16H17BrFN. The summed E-state index contributed by atoms with van der Waals surface area (Å²) in [4.78, 5) is 0. The van der Waals surface area contributed by atoms with Crippen molar-refractivity contribution in [1.29, 1.82) is 0 Å². The molecule has 2 rings (SSSR count). The Bertz CT molecular complexity index is 542. The highest BCUT2D eigenvalue weighted by atomic mass is 79.9. The summed E-state index contributed by atoms with van der Waals surface area (Å²) < 4.78 is 14.3. The van der Waals surface area contributed by atoms with E-state index in [4.69, 9.17) is 0 Å². The standard InChI is InChI=1S/C16H17BrFN/c1-2-19-16(14-8-3-4-9-15(14)17)11-12-6-5-7-13(18)10-12/h3-10,16,19H,2,11H2,1H3. The molecule has 0 saturated carbocycles. The van der Waals surface area contributed by atoms with Gasteiger partial charge < -0.3 is 5.32 Å². The van der Waals surface area contributed by atoms with Crippen LogP contribution in [0.25, 0.3) is 0 Å². The lowest BCUT2D eigenvalue weighted by Crippen LogP contribution is -2.23. The van der Waals surface area contributed by atoms with E-state index in [1.54, 1.807) is 12.1 Å². The molecule has 2 aromatic carbocycles. The summed E-state index contributed by atoms with van der Waals surface area (Å²) >= 11 is 3.58. The Morgan fingerprint density at radius 2 is 1.95 bits per heavy atom. The summed E-state index contributed by atoms with van der Waals surface area (Å²) in [6.45, 7) is 2.96. The molecule has 0 radical (unpaired) electrons. The van der Waals surface area contributed by atoms with Crippen molar-refractivity contribution >= 4 is 15.9 Å². The highest BCUT2D eigenvalue weighted by Gasteiger charge is 2.13. The lowest BCUT2D eigenvalue weighted by molar-refractivity contribution is 0.545. The molecule has 3 heteroatoms. The maximum Gasteiger partial charge on any atom is 0.123 e. The Balaban J connectivity index is 2.24. The zero-order chi connectivity index (χ0) is 13.7. The Morgan fingerprint density at radius 3 is 2.63 bits per heavy atom. The Kier molecular flexibility index (Phi) is 5.11. The van der Waals surface area contributed by atoms with Gasteiger partial charge >= 0.3 is 0 Å². The molecule has 0 spiro atoms. The van der Waals surface area contributed by atoms with E-state index in [9.17, 15) is 4.39 Å². The average Bonchev–Trinajstić information content (AvgIpc) is 2.39. The van der Waals surface area contributed by atoms with Crippen LogP contribution in [0.5, 0.6) is 0 Å². The molecule has 0 aliphatic carbocycles. The molecular weight excluding hydrogens is 305 g/mol. The quantitative estimate of drug-likeness (QED) is 0.856. The van der Waals surface area contributed by atoms with E-state index in [0.717, 1.165) is 23.0 Å². The van der Waals surface area contributed by atoms with Gasteiger partial charge in [-0.1, -0.05) is 53.2 Å². The number of hydrogen-bond donors (Lipinski definition) is 1. The van der Waals surface area contributed by atoms with Gasteiger partial charge in [-0.3, -0.25) is 0 Å². The molecule has 0 heterocycles. The molecule has 1 nitrogen and oxygen atoms in total. The van der Waals surface area contributed by atoms with Gasteiger partial charge in [0, 0.05) is 10.5 Å². The van der Waals surface area contributed by atoms with Gasteiger partial charge in [-0.15, -0.1) is 0 Å². The highest BCUT2D eigenvalue weighted by Crippen LogP contribution is 2.26. The van der Waals surface area contributed by atoms with Crippen molar-refractivity contribution in [3.8, 4) is 0 Å². The van der Waals surface area contributed by atoms with E-state index in [1.807, 2.05) is 24.3 Å². The zero-order valence-electron chi connectivity index (χ0n) is 10.9. The van der Waals surface area contributed by atoms with E-state index < -0.39 is 0 Å². The summed E-state index contributed by atoms with van der Waals surface area (Å²) in [5.74, 6) is -0.181. The topological polar surface area (TPSA) is 12.0 Å². The highest BCUT2D eigenvalue weighted by molar-refractivity contribution is 9.10. The van der Waals surface area contributed by atoms with Crippen LogP contribution < -0.4 is 5.32 Å². The summed E-state index contributed by atoms with van der Waals surface area (Å²) in [6.07, 6.45) is 0.772. The van der Waals surface area contributed by atoms with Crippen LogP contribution in [0, 0.1) is 5.82 Å². The van der Waals surface area contributed by atoms with Crippen molar-refractivity contribution in [2.45, 2.75) is 19.4 Å². The molecule has 0 amide bonds. The second kappa shape index (κ2) is 6.83. The largest absolute Gasteiger partial charge is 0.310 e. The van der Waals surface area contributed by atoms with Gasteiger partial charge in [0.25, 0.3) is 0 Å². The van der Waals surface area contributed by atoms with Gasteiger partial charge in [-0.05, 0) is 42.3 Å². The lowest BCUT2D eigenvalue weighted by atomic mass is 9.99. The number of likely N-dealkylation sites (N-methyl/N-ethyl adjacent to an activating group) is 1. The van der Waals surface area contributed by atoms with Gasteiger partial charge in [-0.2, -0.15) is 0 Å². The fourth-order valence-corrected chi connectivity index (χ4v) is 2.76. The molecule has 0 aromatic heterocycles. The lowest BCUT2D eigenvalue weighted by Gasteiger charge is -2.20. The predicted molar refractivity (Wildman–Crippen MR) is 80.7 cm³/mol.